The van der Waals surface area contributed by atoms with Crippen LogP contribution in [0.25, 0.3) is 0 Å². The van der Waals surface area contributed by atoms with Crippen molar-refractivity contribution in [1.82, 2.24) is 0 Å². The van der Waals surface area contributed by atoms with Gasteiger partial charge in [0.2, 0.25) is 0 Å². The largest absolute Gasteiger partial charge is 2.00 e. The van der Waals surface area contributed by atoms with Gasteiger partial charge in [0.05, 0.1) is 0 Å². The fourth-order valence-electron chi connectivity index (χ4n) is 0.515. The molecule has 1 rings (SSSR count). The summed E-state index contributed by atoms with van der Waals surface area (Å²) in [6, 6.07) is 0. The second-order valence-electron chi connectivity index (χ2n) is 1.47. The van der Waals surface area contributed by atoms with Crippen LogP contribution in [-0.4, -0.2) is 0 Å². The Morgan fingerprint density at radius 1 is 1.44 bits per heavy atom. The van der Waals surface area contributed by atoms with Crippen LogP contribution in [0.5, 0.6) is 0 Å². The quantitative estimate of drug-likeness (QED) is 0.348. The van der Waals surface area contributed by atoms with E-state index >= 15 is 0 Å². The summed E-state index contributed by atoms with van der Waals surface area (Å²) >= 11 is 0. The minimum atomic E-state index is 0. The molecule has 0 aromatic rings. The van der Waals surface area contributed by atoms with Gasteiger partial charge in [0.1, 0.15) is 0 Å². The Balaban J connectivity index is -0.000000120. The molecule has 3 heteroatoms. The summed E-state index contributed by atoms with van der Waals surface area (Å²) in [7, 11) is 0. The molecule has 0 aromatic carbocycles. The third-order valence-corrected chi connectivity index (χ3v) is 0.867. The normalized spacial score (nSPS) is 12.3. The molecule has 1 aliphatic rings. The molecule has 0 aromatic heterocycles. The molecule has 0 bridgehead atoms. The Kier molecular flexibility index (Phi) is 15.7. The Bertz CT molecular complexity index is 105. The van der Waals surface area contributed by atoms with Gasteiger partial charge in [-0.15, -0.1) is 6.42 Å². The van der Waals surface area contributed by atoms with Crippen molar-refractivity contribution in [3.05, 3.63) is 23.8 Å². The average Bonchev–Trinajstić information content (AvgIpc) is 1.86. The van der Waals surface area contributed by atoms with Gasteiger partial charge in [0.15, 0.2) is 0 Å². The summed E-state index contributed by atoms with van der Waals surface area (Å²) in [5.74, 6) is 0. The van der Waals surface area contributed by atoms with E-state index in [0.29, 0.717) is 0 Å². The number of hydrogen-bond acceptors (Lipinski definition) is 0. The maximum atomic E-state index is 3.12. The summed E-state index contributed by atoms with van der Waals surface area (Å²) in [5, 5.41) is 0. The second kappa shape index (κ2) is 8.64. The molecule has 0 N–H and O–H groups in total. The molecule has 51 valence electrons. The van der Waals surface area contributed by atoms with E-state index in [2.05, 4.69) is 25.2 Å². The summed E-state index contributed by atoms with van der Waals surface area (Å²) in [5.41, 5.74) is 1.27. The van der Waals surface area contributed by atoms with Gasteiger partial charge in [-0.3, -0.25) is 6.08 Å². The van der Waals surface area contributed by atoms with Crippen LogP contribution >= 0.6 is 0 Å². The molecule has 0 unspecified atom stereocenters. The van der Waals surface area contributed by atoms with Crippen molar-refractivity contribution < 1.29 is 43.4 Å². The van der Waals surface area contributed by atoms with Gasteiger partial charge in [-0.05, 0) is 0 Å². The third-order valence-electron chi connectivity index (χ3n) is 0.867. The first-order valence-electron chi connectivity index (χ1n) is 2.13. The Hall–Kier alpha value is 0.644. The molecular formula is C6H7Cl2V-. The number of rotatable bonds is 0. The molecule has 0 fully saturated rings. The van der Waals surface area contributed by atoms with E-state index in [-0.39, 0.29) is 43.4 Å². The fraction of sp³-hybridized carbons (Fsp3) is 0.333. The van der Waals surface area contributed by atoms with E-state index in [0.717, 1.165) is 6.42 Å². The first-order valence-corrected chi connectivity index (χ1v) is 2.13. The Morgan fingerprint density at radius 2 is 2.00 bits per heavy atom. The number of hydrogen-bond donors (Lipinski definition) is 0. The van der Waals surface area contributed by atoms with Crippen molar-refractivity contribution in [2.45, 2.75) is 13.3 Å². The Labute approximate surface area is 80.5 Å². The SMILES string of the molecule is CC1=[C-]CC=C1.[Cl-].[Cl-].[V+2]. The van der Waals surface area contributed by atoms with Gasteiger partial charge in [0.25, 0.3) is 0 Å². The molecular weight excluding hydrogens is 194 g/mol. The van der Waals surface area contributed by atoms with Crippen molar-refractivity contribution in [3.63, 3.8) is 0 Å². The smallest absolute Gasteiger partial charge is 1.00 e. The van der Waals surface area contributed by atoms with Crippen molar-refractivity contribution in [1.29, 1.82) is 0 Å². The number of allylic oxidation sites excluding steroid dienone is 4. The molecule has 0 nitrogen and oxygen atoms in total. The molecule has 0 spiro atoms. The van der Waals surface area contributed by atoms with Crippen LogP contribution in [0.4, 0.5) is 0 Å². The molecule has 0 saturated heterocycles. The van der Waals surface area contributed by atoms with Gasteiger partial charge >= 0.3 is 18.6 Å². The predicted molar refractivity (Wildman–Crippen MR) is 26.2 cm³/mol. The molecule has 0 atom stereocenters. The van der Waals surface area contributed by atoms with Crippen LogP contribution in [0, 0.1) is 6.08 Å². The van der Waals surface area contributed by atoms with Crippen LogP contribution in [0.3, 0.4) is 0 Å². The van der Waals surface area contributed by atoms with Crippen LogP contribution in [0.15, 0.2) is 17.7 Å². The monoisotopic (exact) mass is 200 g/mol. The zero-order valence-corrected chi connectivity index (χ0v) is 7.97. The summed E-state index contributed by atoms with van der Waals surface area (Å²) in [6.07, 6.45) is 8.33. The van der Waals surface area contributed by atoms with E-state index in [1.54, 1.807) is 0 Å². The van der Waals surface area contributed by atoms with E-state index in [4.69, 9.17) is 0 Å². The number of halogens is 2. The zero-order chi connectivity index (χ0) is 4.41. The van der Waals surface area contributed by atoms with E-state index < -0.39 is 0 Å². The molecule has 9 heavy (non-hydrogen) atoms. The maximum Gasteiger partial charge on any atom is 2.00 e. The van der Waals surface area contributed by atoms with Crippen molar-refractivity contribution >= 4 is 0 Å². The minimum Gasteiger partial charge on any atom is -1.00 e. The Morgan fingerprint density at radius 3 is 2.11 bits per heavy atom. The van der Waals surface area contributed by atoms with Crippen LogP contribution < -0.4 is 24.8 Å². The van der Waals surface area contributed by atoms with Crippen molar-refractivity contribution in [2.75, 3.05) is 0 Å². The molecule has 0 amide bonds. The summed E-state index contributed by atoms with van der Waals surface area (Å²) < 4.78 is 0. The van der Waals surface area contributed by atoms with Gasteiger partial charge < -0.3 is 24.8 Å². The van der Waals surface area contributed by atoms with Crippen molar-refractivity contribution in [3.8, 4) is 0 Å². The first kappa shape index (κ1) is 16.3. The topological polar surface area (TPSA) is 0 Å². The van der Waals surface area contributed by atoms with Gasteiger partial charge in [-0.1, -0.05) is 6.92 Å². The van der Waals surface area contributed by atoms with Gasteiger partial charge in [-0.2, -0.15) is 6.08 Å². The van der Waals surface area contributed by atoms with Gasteiger partial charge in [0, 0.05) is 0 Å². The van der Waals surface area contributed by atoms with Crippen LogP contribution in [0.2, 0.25) is 0 Å². The molecule has 0 heterocycles. The predicted octanol–water partition coefficient (Wildman–Crippen LogP) is -4.30. The molecule has 0 saturated carbocycles. The van der Waals surface area contributed by atoms with Gasteiger partial charge in [-0.25, -0.2) is 11.6 Å². The maximum absolute atomic E-state index is 3.12. The average molecular weight is 201 g/mol. The fourth-order valence-corrected chi connectivity index (χ4v) is 0.515. The third kappa shape index (κ3) is 6.53. The zero-order valence-electron chi connectivity index (χ0n) is 5.06. The first-order chi connectivity index (χ1) is 2.89. The van der Waals surface area contributed by atoms with E-state index in [1.165, 1.54) is 5.57 Å². The van der Waals surface area contributed by atoms with E-state index in [1.807, 2.05) is 0 Å². The van der Waals surface area contributed by atoms with Crippen LogP contribution in [0.1, 0.15) is 13.3 Å². The minimum absolute atomic E-state index is 0. The molecule has 0 aliphatic heterocycles. The molecule has 1 radical (unpaired) electrons. The van der Waals surface area contributed by atoms with Crippen molar-refractivity contribution in [2.24, 2.45) is 0 Å². The summed E-state index contributed by atoms with van der Waals surface area (Å²) in [4.78, 5) is 0. The van der Waals surface area contributed by atoms with Crippen LogP contribution in [-0.2, 0) is 18.6 Å². The summed E-state index contributed by atoms with van der Waals surface area (Å²) in [6.45, 7) is 2.06. The molecule has 1 aliphatic carbocycles. The van der Waals surface area contributed by atoms with E-state index in [9.17, 15) is 0 Å². The standard InChI is InChI=1S/C6H7.2ClH.V/c1-6-4-2-3-5-6;;;/h2,4H,3H2,1H3;2*1H;/q-1;;;+2/p-2. The second-order valence-corrected chi connectivity index (χ2v) is 1.47.